The number of aryl methyl sites for hydroxylation is 1. The highest BCUT2D eigenvalue weighted by atomic mass is 32.3. The number of aromatic nitrogens is 1. The number of thioether (sulfide) groups is 1. The average Bonchev–Trinajstić information content (AvgIpc) is 3.20. The van der Waals surface area contributed by atoms with Gasteiger partial charge in [-0.2, -0.15) is 14.3 Å². The summed E-state index contributed by atoms with van der Waals surface area (Å²) in [6.07, 6.45) is 6.34. The molecule has 5 rings (SSSR count). The molecule has 0 spiro atoms. The number of amides is 3. The van der Waals surface area contributed by atoms with Crippen molar-refractivity contribution in [3.8, 4) is 0 Å². The van der Waals surface area contributed by atoms with Crippen LogP contribution in [-0.4, -0.2) is 64.7 Å². The van der Waals surface area contributed by atoms with E-state index in [1.165, 1.54) is 22.3 Å². The van der Waals surface area contributed by atoms with Crippen LogP contribution in [0.1, 0.15) is 42.5 Å². The molecule has 1 saturated heterocycles. The van der Waals surface area contributed by atoms with Gasteiger partial charge in [0.15, 0.2) is 5.04 Å². The standard InChI is InChI=1S/C20H25N4O5S3/c1-12-21-9-14(30-12)11-23-17(25)15-8-16(32(27,28)22-20(2)5-6-20)31-18(15)24(19(23)26)10-13-4-3-7-29-13/h8-9,13,15,22H,3-7,10-11H2,1-2H3/q+1. The quantitative estimate of drug-likeness (QED) is 0.575. The van der Waals surface area contributed by atoms with E-state index in [1.54, 1.807) is 10.8 Å². The number of nitrogens with zero attached hydrogens (tertiary/aromatic N) is 3. The van der Waals surface area contributed by atoms with Crippen LogP contribution in [0.2, 0.25) is 0 Å². The predicted octanol–water partition coefficient (Wildman–Crippen LogP) is 2.18. The molecule has 172 valence electrons. The Hall–Kier alpha value is -1.60. The van der Waals surface area contributed by atoms with Crippen LogP contribution in [0.15, 0.2) is 16.5 Å². The van der Waals surface area contributed by atoms with Gasteiger partial charge in [-0.25, -0.2) is 22.9 Å². The van der Waals surface area contributed by atoms with Gasteiger partial charge in [-0.05, 0) is 57.4 Å². The normalized spacial score (nSPS) is 27.2. The molecule has 2 unspecified atom stereocenters. The Morgan fingerprint density at radius 1 is 1.38 bits per heavy atom. The van der Waals surface area contributed by atoms with Crippen LogP contribution in [0.5, 0.6) is 0 Å². The number of imide groups is 1. The minimum absolute atomic E-state index is 0.0830. The molecule has 2 atom stereocenters. The number of hydrogen-bond acceptors (Lipinski definition) is 8. The van der Waals surface area contributed by atoms with Gasteiger partial charge in [0.2, 0.25) is 10.0 Å². The Kier molecular flexibility index (Phi) is 5.56. The smallest absolute Gasteiger partial charge is 0.374 e. The van der Waals surface area contributed by atoms with Crippen molar-refractivity contribution in [1.29, 1.82) is 0 Å². The lowest BCUT2D eigenvalue weighted by Crippen LogP contribution is -2.53. The zero-order chi connectivity index (χ0) is 22.7. The zero-order valence-corrected chi connectivity index (χ0v) is 20.3. The van der Waals surface area contributed by atoms with Gasteiger partial charge in [-0.3, -0.25) is 0 Å². The molecule has 1 aromatic heterocycles. The second-order valence-corrected chi connectivity index (χ2v) is 13.2. The van der Waals surface area contributed by atoms with Crippen LogP contribution in [0, 0.1) is 12.8 Å². The second kappa shape index (κ2) is 8.01. The average molecular weight is 498 g/mol. The van der Waals surface area contributed by atoms with Crippen molar-refractivity contribution in [2.24, 2.45) is 5.92 Å². The molecular formula is C20H25N4O5S3+. The zero-order valence-electron chi connectivity index (χ0n) is 17.9. The Labute approximate surface area is 195 Å². The lowest BCUT2D eigenvalue weighted by Gasteiger charge is -2.24. The number of carbonyl (C=O) groups is 2. The summed E-state index contributed by atoms with van der Waals surface area (Å²) < 4.78 is 36.0. The molecule has 4 aliphatic rings. The molecule has 32 heavy (non-hydrogen) atoms. The molecule has 0 radical (unpaired) electrons. The first-order valence-corrected chi connectivity index (χ1v) is 13.7. The first-order valence-electron chi connectivity index (χ1n) is 10.6. The van der Waals surface area contributed by atoms with Crippen molar-refractivity contribution in [2.45, 2.75) is 57.7 Å². The lowest BCUT2D eigenvalue weighted by molar-refractivity contribution is -0.449. The van der Waals surface area contributed by atoms with Crippen molar-refractivity contribution < 1.29 is 27.3 Å². The van der Waals surface area contributed by atoms with E-state index in [2.05, 4.69) is 9.71 Å². The van der Waals surface area contributed by atoms with Crippen LogP contribution in [0.4, 0.5) is 4.79 Å². The molecular weight excluding hydrogens is 472 g/mol. The van der Waals surface area contributed by atoms with Crippen molar-refractivity contribution in [1.82, 2.24) is 14.6 Å². The summed E-state index contributed by atoms with van der Waals surface area (Å²) >= 11 is 2.43. The lowest BCUT2D eigenvalue weighted by atomic mass is 10.1. The van der Waals surface area contributed by atoms with Gasteiger partial charge < -0.3 is 4.74 Å². The van der Waals surface area contributed by atoms with Gasteiger partial charge in [-0.1, -0.05) is 0 Å². The second-order valence-electron chi connectivity index (χ2n) is 8.87. The number of urea groups is 1. The summed E-state index contributed by atoms with van der Waals surface area (Å²) in [5.41, 5.74) is -0.425. The first kappa shape index (κ1) is 22.2. The molecule has 2 fully saturated rings. The van der Waals surface area contributed by atoms with E-state index >= 15 is 0 Å². The van der Waals surface area contributed by atoms with Gasteiger partial charge in [0.05, 0.1) is 16.0 Å². The van der Waals surface area contributed by atoms with Crippen LogP contribution in [0.3, 0.4) is 0 Å². The maximum absolute atomic E-state index is 13.4. The summed E-state index contributed by atoms with van der Waals surface area (Å²) in [5.74, 6) is -1.21. The van der Waals surface area contributed by atoms with Crippen molar-refractivity contribution >= 4 is 50.1 Å². The molecule has 1 aromatic rings. The number of rotatable bonds is 7. The number of thiazole rings is 1. The van der Waals surface area contributed by atoms with E-state index in [9.17, 15) is 18.0 Å². The van der Waals surface area contributed by atoms with Crippen molar-refractivity contribution in [2.75, 3.05) is 13.2 Å². The van der Waals surface area contributed by atoms with E-state index < -0.39 is 33.4 Å². The highest BCUT2D eigenvalue weighted by Crippen LogP contribution is 2.42. The molecule has 4 heterocycles. The molecule has 3 aliphatic heterocycles. The minimum atomic E-state index is -3.77. The first-order chi connectivity index (χ1) is 15.2. The number of sulfonamides is 1. The molecule has 3 amide bonds. The fourth-order valence-electron chi connectivity index (χ4n) is 4.06. The van der Waals surface area contributed by atoms with E-state index in [0.717, 1.165) is 47.3 Å². The number of hydrogen-bond donors (Lipinski definition) is 1. The maximum atomic E-state index is 13.4. The molecule has 1 aliphatic carbocycles. The molecule has 1 saturated carbocycles. The van der Waals surface area contributed by atoms with Gasteiger partial charge in [0.1, 0.15) is 23.2 Å². The Bertz CT molecular complexity index is 1150. The fourth-order valence-corrected chi connectivity index (χ4v) is 7.90. The summed E-state index contributed by atoms with van der Waals surface area (Å²) in [6.45, 7) is 4.79. The molecule has 12 heteroatoms. The van der Waals surface area contributed by atoms with Crippen molar-refractivity contribution in [3.05, 3.63) is 26.4 Å². The monoisotopic (exact) mass is 497 g/mol. The summed E-state index contributed by atoms with van der Waals surface area (Å²) in [5, 5.41) is 1.30. The highest BCUT2D eigenvalue weighted by Gasteiger charge is 2.53. The van der Waals surface area contributed by atoms with Gasteiger partial charge in [-0.15, -0.1) is 11.3 Å². The summed E-state index contributed by atoms with van der Waals surface area (Å²) in [7, 11) is -3.77. The Morgan fingerprint density at radius 2 is 2.16 bits per heavy atom. The molecule has 0 aromatic carbocycles. The third-order valence-electron chi connectivity index (χ3n) is 6.07. The number of ether oxygens (including phenoxy) is 1. The highest BCUT2D eigenvalue weighted by molar-refractivity contribution is 8.27. The number of fused-ring (bicyclic) bond motifs is 1. The molecule has 1 N–H and O–H groups in total. The van der Waals surface area contributed by atoms with Gasteiger partial charge in [0, 0.05) is 18.3 Å². The predicted molar refractivity (Wildman–Crippen MR) is 121 cm³/mol. The topological polar surface area (TPSA) is 109 Å². The van der Waals surface area contributed by atoms with E-state index in [4.69, 9.17) is 4.74 Å². The van der Waals surface area contributed by atoms with E-state index in [-0.39, 0.29) is 16.9 Å². The van der Waals surface area contributed by atoms with Crippen LogP contribution < -0.4 is 4.72 Å². The van der Waals surface area contributed by atoms with Crippen LogP contribution in [0.25, 0.3) is 0 Å². The summed E-state index contributed by atoms with van der Waals surface area (Å²) in [4.78, 5) is 32.9. The molecule has 9 nitrogen and oxygen atoms in total. The third kappa shape index (κ3) is 4.18. The third-order valence-corrected chi connectivity index (χ3v) is 10.3. The number of nitrogens with one attached hydrogen (secondary N) is 1. The Morgan fingerprint density at radius 3 is 2.78 bits per heavy atom. The van der Waals surface area contributed by atoms with E-state index in [0.29, 0.717) is 18.2 Å². The summed E-state index contributed by atoms with van der Waals surface area (Å²) in [6, 6.07) is -0.440. The fraction of sp³-hybridized carbons (Fsp3) is 0.600. The van der Waals surface area contributed by atoms with Crippen LogP contribution in [-0.2, 0) is 26.1 Å². The SMILES string of the molecule is Cc1ncc(CN2C(=O)C3C=C(S(=O)(=O)NC4(C)CC4)SC3=[N+](CC3CCCO3)C2=O)s1. The largest absolute Gasteiger partial charge is 0.501 e. The molecule has 0 bridgehead atoms. The van der Waals surface area contributed by atoms with Gasteiger partial charge in [0.25, 0.3) is 0 Å². The van der Waals surface area contributed by atoms with Crippen molar-refractivity contribution in [3.63, 3.8) is 0 Å². The van der Waals surface area contributed by atoms with E-state index in [1.807, 2.05) is 13.8 Å². The maximum Gasteiger partial charge on any atom is 0.501 e. The minimum Gasteiger partial charge on any atom is -0.374 e. The van der Waals surface area contributed by atoms with Gasteiger partial charge >= 0.3 is 11.9 Å². The van der Waals surface area contributed by atoms with Crippen LogP contribution >= 0.6 is 23.1 Å². The number of carbonyl (C=O) groups excluding carboxylic acids is 2. The Balaban J connectivity index is 1.48.